The van der Waals surface area contributed by atoms with Crippen molar-refractivity contribution in [1.29, 1.82) is 0 Å². The van der Waals surface area contributed by atoms with Crippen molar-refractivity contribution < 1.29 is 4.79 Å². The molecule has 0 aromatic heterocycles. The molecule has 1 N–H and O–H groups in total. The van der Waals surface area contributed by atoms with E-state index < -0.39 is 0 Å². The van der Waals surface area contributed by atoms with E-state index in [0.29, 0.717) is 12.5 Å². The molecule has 0 saturated heterocycles. The first-order valence-electron chi connectivity index (χ1n) is 7.77. The Bertz CT molecular complexity index is 401. The molecule has 3 heteroatoms. The highest BCUT2D eigenvalue weighted by Gasteiger charge is 2.20. The van der Waals surface area contributed by atoms with Crippen LogP contribution in [0.15, 0.2) is 30.3 Å². The highest BCUT2D eigenvalue weighted by atomic mass is 16.2. The van der Waals surface area contributed by atoms with Gasteiger partial charge >= 0.3 is 0 Å². The standard InChI is InChI=1S/C17H26N2O/c1-19(17(20)12-13-18-16-10-11-16)14-6-5-9-15-7-3-2-4-8-15/h2-4,7-8,16,18H,5-6,9-14H2,1H3. The molecule has 1 aliphatic rings. The number of carbonyl (C=O) groups excluding carboxylic acids is 1. The number of nitrogens with one attached hydrogen (secondary N) is 1. The molecule has 110 valence electrons. The van der Waals surface area contributed by atoms with Crippen LogP contribution in [0.1, 0.15) is 37.7 Å². The molecule has 20 heavy (non-hydrogen) atoms. The number of amides is 1. The van der Waals surface area contributed by atoms with Gasteiger partial charge in [0.15, 0.2) is 0 Å². The topological polar surface area (TPSA) is 32.3 Å². The summed E-state index contributed by atoms with van der Waals surface area (Å²) in [5.74, 6) is 0.262. The third-order valence-electron chi connectivity index (χ3n) is 3.83. The van der Waals surface area contributed by atoms with E-state index >= 15 is 0 Å². The lowest BCUT2D eigenvalue weighted by atomic mass is 10.1. The summed E-state index contributed by atoms with van der Waals surface area (Å²) in [6, 6.07) is 11.2. The maximum atomic E-state index is 11.9. The second kappa shape index (κ2) is 8.05. The van der Waals surface area contributed by atoms with Gasteiger partial charge < -0.3 is 10.2 Å². The Hall–Kier alpha value is -1.35. The van der Waals surface area contributed by atoms with Crippen LogP contribution in [-0.4, -0.2) is 37.0 Å². The van der Waals surface area contributed by atoms with E-state index in [1.165, 1.54) is 18.4 Å². The Morgan fingerprint density at radius 2 is 2.00 bits per heavy atom. The smallest absolute Gasteiger partial charge is 0.223 e. The lowest BCUT2D eigenvalue weighted by molar-refractivity contribution is -0.129. The zero-order chi connectivity index (χ0) is 14.2. The number of benzene rings is 1. The first-order valence-corrected chi connectivity index (χ1v) is 7.77. The van der Waals surface area contributed by atoms with Crippen LogP contribution in [0.4, 0.5) is 0 Å². The van der Waals surface area contributed by atoms with Crippen LogP contribution < -0.4 is 5.32 Å². The number of rotatable bonds is 9. The van der Waals surface area contributed by atoms with Gasteiger partial charge in [0.25, 0.3) is 0 Å². The van der Waals surface area contributed by atoms with Gasteiger partial charge in [-0.3, -0.25) is 4.79 Å². The van der Waals surface area contributed by atoms with Crippen LogP contribution in [-0.2, 0) is 11.2 Å². The molecule has 0 radical (unpaired) electrons. The van der Waals surface area contributed by atoms with Gasteiger partial charge in [-0.25, -0.2) is 0 Å². The molecule has 1 amide bonds. The molecular formula is C17H26N2O. The Morgan fingerprint density at radius 3 is 2.70 bits per heavy atom. The third-order valence-corrected chi connectivity index (χ3v) is 3.83. The summed E-state index contributed by atoms with van der Waals surface area (Å²) in [7, 11) is 1.92. The first kappa shape index (κ1) is 15.0. The summed E-state index contributed by atoms with van der Waals surface area (Å²) in [6.07, 6.45) is 6.51. The van der Waals surface area contributed by atoms with Crippen LogP contribution in [0.5, 0.6) is 0 Å². The monoisotopic (exact) mass is 274 g/mol. The lowest BCUT2D eigenvalue weighted by Crippen LogP contribution is -2.31. The fourth-order valence-corrected chi connectivity index (χ4v) is 2.31. The lowest BCUT2D eigenvalue weighted by Gasteiger charge is -2.17. The van der Waals surface area contributed by atoms with Gasteiger partial charge in [-0.1, -0.05) is 30.3 Å². The number of unbranched alkanes of at least 4 members (excludes halogenated alkanes) is 1. The van der Waals surface area contributed by atoms with Crippen LogP contribution in [0, 0.1) is 0 Å². The number of nitrogens with zero attached hydrogens (tertiary/aromatic N) is 1. The van der Waals surface area contributed by atoms with Crippen molar-refractivity contribution in [2.45, 2.75) is 44.6 Å². The highest BCUT2D eigenvalue weighted by molar-refractivity contribution is 5.76. The van der Waals surface area contributed by atoms with Gasteiger partial charge in [0.1, 0.15) is 0 Å². The summed E-state index contributed by atoms with van der Waals surface area (Å²) in [5.41, 5.74) is 1.38. The van der Waals surface area contributed by atoms with Gasteiger partial charge in [-0.05, 0) is 37.7 Å². The molecule has 1 fully saturated rings. The van der Waals surface area contributed by atoms with E-state index in [2.05, 4.69) is 29.6 Å². The zero-order valence-electron chi connectivity index (χ0n) is 12.5. The van der Waals surface area contributed by atoms with Gasteiger partial charge in [0.2, 0.25) is 5.91 Å². The summed E-state index contributed by atoms with van der Waals surface area (Å²) >= 11 is 0. The summed E-state index contributed by atoms with van der Waals surface area (Å²) in [5, 5.41) is 3.38. The fourth-order valence-electron chi connectivity index (χ4n) is 2.31. The van der Waals surface area contributed by atoms with Crippen molar-refractivity contribution in [3.63, 3.8) is 0 Å². The predicted molar refractivity (Wildman–Crippen MR) is 82.7 cm³/mol. The molecule has 2 rings (SSSR count). The Labute approximate surface area is 122 Å². The van der Waals surface area contributed by atoms with Crippen molar-refractivity contribution in [3.8, 4) is 0 Å². The Balaban J connectivity index is 1.52. The number of carbonyl (C=O) groups is 1. The molecule has 0 spiro atoms. The third kappa shape index (κ3) is 5.74. The average Bonchev–Trinajstić information content (AvgIpc) is 3.28. The highest BCUT2D eigenvalue weighted by Crippen LogP contribution is 2.18. The van der Waals surface area contributed by atoms with E-state index in [4.69, 9.17) is 0 Å². The second-order valence-corrected chi connectivity index (χ2v) is 5.74. The molecule has 0 bridgehead atoms. The van der Waals surface area contributed by atoms with E-state index in [1.54, 1.807) is 0 Å². The molecule has 0 atom stereocenters. The maximum Gasteiger partial charge on any atom is 0.223 e. The number of hydrogen-bond donors (Lipinski definition) is 1. The fraction of sp³-hybridized carbons (Fsp3) is 0.588. The molecule has 3 nitrogen and oxygen atoms in total. The molecule has 0 unspecified atom stereocenters. The zero-order valence-corrected chi connectivity index (χ0v) is 12.5. The van der Waals surface area contributed by atoms with E-state index in [-0.39, 0.29) is 5.91 Å². The number of hydrogen-bond acceptors (Lipinski definition) is 2. The van der Waals surface area contributed by atoms with Crippen LogP contribution >= 0.6 is 0 Å². The quantitative estimate of drug-likeness (QED) is 0.702. The van der Waals surface area contributed by atoms with Gasteiger partial charge in [0.05, 0.1) is 0 Å². The Kier molecular flexibility index (Phi) is 6.06. The Morgan fingerprint density at radius 1 is 1.25 bits per heavy atom. The van der Waals surface area contributed by atoms with Crippen LogP contribution in [0.2, 0.25) is 0 Å². The minimum Gasteiger partial charge on any atom is -0.346 e. The molecule has 1 aliphatic carbocycles. The largest absolute Gasteiger partial charge is 0.346 e. The first-order chi connectivity index (χ1) is 9.75. The van der Waals surface area contributed by atoms with Gasteiger partial charge in [-0.15, -0.1) is 0 Å². The minimum absolute atomic E-state index is 0.262. The minimum atomic E-state index is 0.262. The molecule has 1 aromatic carbocycles. The van der Waals surface area contributed by atoms with E-state index in [9.17, 15) is 4.79 Å². The summed E-state index contributed by atoms with van der Waals surface area (Å²) in [6.45, 7) is 1.70. The van der Waals surface area contributed by atoms with Crippen molar-refractivity contribution in [3.05, 3.63) is 35.9 Å². The predicted octanol–water partition coefficient (Wildman–Crippen LogP) is 2.61. The van der Waals surface area contributed by atoms with Crippen LogP contribution in [0.25, 0.3) is 0 Å². The molecule has 0 heterocycles. The molecule has 1 aromatic rings. The molecular weight excluding hydrogens is 248 g/mol. The van der Waals surface area contributed by atoms with Crippen molar-refractivity contribution >= 4 is 5.91 Å². The molecule has 1 saturated carbocycles. The van der Waals surface area contributed by atoms with Crippen molar-refractivity contribution in [2.75, 3.05) is 20.1 Å². The van der Waals surface area contributed by atoms with Crippen molar-refractivity contribution in [2.24, 2.45) is 0 Å². The van der Waals surface area contributed by atoms with E-state index in [0.717, 1.165) is 32.4 Å². The normalized spacial score (nSPS) is 14.2. The van der Waals surface area contributed by atoms with Crippen LogP contribution in [0.3, 0.4) is 0 Å². The maximum absolute atomic E-state index is 11.9. The SMILES string of the molecule is CN(CCCCc1ccccc1)C(=O)CCNC1CC1. The summed E-state index contributed by atoms with van der Waals surface area (Å²) < 4.78 is 0. The van der Waals surface area contributed by atoms with Crippen molar-refractivity contribution in [1.82, 2.24) is 10.2 Å². The van der Waals surface area contributed by atoms with Gasteiger partial charge in [0, 0.05) is 32.6 Å². The second-order valence-electron chi connectivity index (χ2n) is 5.74. The molecule has 0 aliphatic heterocycles. The van der Waals surface area contributed by atoms with Gasteiger partial charge in [-0.2, -0.15) is 0 Å². The summed E-state index contributed by atoms with van der Waals surface area (Å²) in [4.78, 5) is 13.8. The number of aryl methyl sites for hydroxylation is 1. The average molecular weight is 274 g/mol. The van der Waals surface area contributed by atoms with E-state index in [1.807, 2.05) is 18.0 Å².